The van der Waals surface area contributed by atoms with Gasteiger partial charge in [-0.1, -0.05) is 31.0 Å². The maximum atomic E-state index is 4.18. The van der Waals surface area contributed by atoms with Crippen LogP contribution < -0.4 is 0 Å². The summed E-state index contributed by atoms with van der Waals surface area (Å²) in [6.07, 6.45) is 4.59. The molecule has 2 rings (SSSR count). The van der Waals surface area contributed by atoms with Crippen LogP contribution in [0.2, 0.25) is 0 Å². The van der Waals surface area contributed by atoms with E-state index in [1.807, 2.05) is 42.7 Å². The van der Waals surface area contributed by atoms with Crippen molar-refractivity contribution in [3.8, 4) is 11.8 Å². The molecule has 1 heterocycles. The van der Waals surface area contributed by atoms with Gasteiger partial charge in [-0.3, -0.25) is 0 Å². The average Bonchev–Trinajstić information content (AvgIpc) is 2.38. The molecular weight excluding hydrogens is 196 g/mol. The van der Waals surface area contributed by atoms with E-state index in [0.717, 1.165) is 17.5 Å². The molecule has 0 bridgehead atoms. The summed E-state index contributed by atoms with van der Waals surface area (Å²) >= 11 is 0. The second-order valence-electron chi connectivity index (χ2n) is 3.38. The molecule has 0 spiro atoms. The zero-order valence-corrected chi connectivity index (χ0v) is 9.14. The molecule has 0 unspecified atom stereocenters. The summed E-state index contributed by atoms with van der Waals surface area (Å²) in [5.41, 5.74) is 2.11. The molecule has 2 nitrogen and oxygen atoms in total. The van der Waals surface area contributed by atoms with Gasteiger partial charge in [-0.15, -0.1) is 0 Å². The van der Waals surface area contributed by atoms with E-state index in [-0.39, 0.29) is 0 Å². The van der Waals surface area contributed by atoms with Gasteiger partial charge >= 0.3 is 0 Å². The molecule has 16 heavy (non-hydrogen) atoms. The lowest BCUT2D eigenvalue weighted by Gasteiger charge is -1.93. The fraction of sp³-hybridized carbons (Fsp3) is 0.143. The van der Waals surface area contributed by atoms with Crippen LogP contribution >= 0.6 is 0 Å². The smallest absolute Gasteiger partial charge is 0.205 e. The maximum absolute atomic E-state index is 4.18. The number of rotatable bonds is 1. The quantitative estimate of drug-likeness (QED) is 0.673. The minimum atomic E-state index is 0.570. The monoisotopic (exact) mass is 208 g/mol. The van der Waals surface area contributed by atoms with Gasteiger partial charge in [0.05, 0.1) is 0 Å². The first-order valence-electron chi connectivity index (χ1n) is 5.26. The molecule has 0 aliphatic carbocycles. The van der Waals surface area contributed by atoms with Gasteiger partial charge in [0.15, 0.2) is 0 Å². The van der Waals surface area contributed by atoms with E-state index in [4.69, 9.17) is 0 Å². The molecular formula is C14H12N2. The highest BCUT2D eigenvalue weighted by atomic mass is 14.8. The summed E-state index contributed by atoms with van der Waals surface area (Å²) in [6, 6.07) is 9.83. The summed E-state index contributed by atoms with van der Waals surface area (Å²) in [6.45, 7) is 2.08. The minimum Gasteiger partial charge on any atom is -0.229 e. The molecule has 0 amide bonds. The highest BCUT2D eigenvalue weighted by molar-refractivity contribution is 5.37. The zero-order valence-electron chi connectivity index (χ0n) is 9.14. The van der Waals surface area contributed by atoms with E-state index < -0.39 is 0 Å². The van der Waals surface area contributed by atoms with Crippen molar-refractivity contribution in [2.24, 2.45) is 0 Å². The molecule has 1 aromatic carbocycles. The van der Waals surface area contributed by atoms with Gasteiger partial charge in [0.25, 0.3) is 0 Å². The molecule has 0 N–H and O–H groups in total. The van der Waals surface area contributed by atoms with Crippen LogP contribution in [0.5, 0.6) is 0 Å². The van der Waals surface area contributed by atoms with Crippen molar-refractivity contribution >= 4 is 0 Å². The van der Waals surface area contributed by atoms with Gasteiger partial charge < -0.3 is 0 Å². The van der Waals surface area contributed by atoms with Crippen LogP contribution in [0.1, 0.15) is 23.9 Å². The molecule has 0 aliphatic heterocycles. The van der Waals surface area contributed by atoms with Crippen molar-refractivity contribution in [1.82, 2.24) is 9.97 Å². The first kappa shape index (κ1) is 10.4. The summed E-state index contributed by atoms with van der Waals surface area (Å²) < 4.78 is 0. The molecule has 0 aliphatic rings. The van der Waals surface area contributed by atoms with Crippen molar-refractivity contribution in [2.75, 3.05) is 0 Å². The largest absolute Gasteiger partial charge is 0.229 e. The van der Waals surface area contributed by atoms with E-state index in [1.165, 1.54) is 0 Å². The van der Waals surface area contributed by atoms with E-state index in [1.54, 1.807) is 0 Å². The third kappa shape index (κ3) is 2.68. The Labute approximate surface area is 95.4 Å². The summed E-state index contributed by atoms with van der Waals surface area (Å²) in [5, 5.41) is 0. The van der Waals surface area contributed by atoms with Crippen LogP contribution in [0.3, 0.4) is 0 Å². The Balaban J connectivity index is 2.18. The Morgan fingerprint density at radius 2 is 1.69 bits per heavy atom. The Kier molecular flexibility index (Phi) is 3.30. The second kappa shape index (κ2) is 5.09. The standard InChI is InChI=1S/C14H12N2/c1-2-12-10-15-14(16-11-12)9-8-13-6-4-3-5-7-13/h3-7,10-11H,2H2,1H3. The predicted molar refractivity (Wildman–Crippen MR) is 63.8 cm³/mol. The predicted octanol–water partition coefficient (Wildman–Crippen LogP) is 2.44. The molecule has 0 fully saturated rings. The summed E-state index contributed by atoms with van der Waals surface area (Å²) in [4.78, 5) is 8.36. The molecule has 0 radical (unpaired) electrons. The van der Waals surface area contributed by atoms with E-state index in [2.05, 4.69) is 28.7 Å². The molecule has 2 aromatic rings. The number of benzene rings is 1. The van der Waals surface area contributed by atoms with Gasteiger partial charge in [0.2, 0.25) is 5.82 Å². The Bertz CT molecular complexity index is 504. The van der Waals surface area contributed by atoms with Crippen molar-refractivity contribution in [3.63, 3.8) is 0 Å². The van der Waals surface area contributed by atoms with Crippen molar-refractivity contribution in [1.29, 1.82) is 0 Å². The average molecular weight is 208 g/mol. The first-order valence-corrected chi connectivity index (χ1v) is 5.26. The molecule has 78 valence electrons. The van der Waals surface area contributed by atoms with Gasteiger partial charge in [-0.2, -0.15) is 0 Å². The molecule has 0 saturated carbocycles. The topological polar surface area (TPSA) is 25.8 Å². The molecule has 2 heteroatoms. The van der Waals surface area contributed by atoms with Gasteiger partial charge in [0.1, 0.15) is 0 Å². The maximum Gasteiger partial charge on any atom is 0.205 e. The van der Waals surface area contributed by atoms with E-state index in [9.17, 15) is 0 Å². The van der Waals surface area contributed by atoms with Crippen molar-refractivity contribution < 1.29 is 0 Å². The van der Waals surface area contributed by atoms with Crippen LogP contribution in [0.15, 0.2) is 42.7 Å². The van der Waals surface area contributed by atoms with Gasteiger partial charge in [0, 0.05) is 18.0 Å². The van der Waals surface area contributed by atoms with Crippen molar-refractivity contribution in [3.05, 3.63) is 59.7 Å². The fourth-order valence-electron chi connectivity index (χ4n) is 1.25. The van der Waals surface area contributed by atoms with E-state index >= 15 is 0 Å². The van der Waals surface area contributed by atoms with E-state index in [0.29, 0.717) is 5.82 Å². The van der Waals surface area contributed by atoms with Crippen LogP contribution in [-0.4, -0.2) is 9.97 Å². The lowest BCUT2D eigenvalue weighted by molar-refractivity contribution is 1.03. The normalized spacial score (nSPS) is 9.31. The lowest BCUT2D eigenvalue weighted by Crippen LogP contribution is -1.90. The lowest BCUT2D eigenvalue weighted by atomic mass is 10.2. The number of hydrogen-bond acceptors (Lipinski definition) is 2. The number of hydrogen-bond donors (Lipinski definition) is 0. The SMILES string of the molecule is CCc1cnc(C#Cc2ccccc2)nc1. The third-order valence-electron chi connectivity index (χ3n) is 2.21. The van der Waals surface area contributed by atoms with Gasteiger partial charge in [-0.05, 0) is 30.0 Å². The van der Waals surface area contributed by atoms with Crippen molar-refractivity contribution in [2.45, 2.75) is 13.3 Å². The highest BCUT2D eigenvalue weighted by Gasteiger charge is 1.91. The molecule has 0 saturated heterocycles. The number of aryl methyl sites for hydroxylation is 1. The van der Waals surface area contributed by atoms with Crippen LogP contribution in [0, 0.1) is 11.8 Å². The van der Waals surface area contributed by atoms with Crippen LogP contribution in [-0.2, 0) is 6.42 Å². The van der Waals surface area contributed by atoms with Crippen LogP contribution in [0.4, 0.5) is 0 Å². The molecule has 0 atom stereocenters. The molecule has 1 aromatic heterocycles. The zero-order chi connectivity index (χ0) is 11.2. The summed E-state index contributed by atoms with van der Waals surface area (Å²) in [7, 11) is 0. The third-order valence-corrected chi connectivity index (χ3v) is 2.21. The summed E-state index contributed by atoms with van der Waals surface area (Å²) in [5.74, 6) is 6.53. The first-order chi connectivity index (χ1) is 7.88. The number of nitrogens with zero attached hydrogens (tertiary/aromatic N) is 2. The Morgan fingerprint density at radius 3 is 2.31 bits per heavy atom. The minimum absolute atomic E-state index is 0.570. The van der Waals surface area contributed by atoms with Crippen LogP contribution in [0.25, 0.3) is 0 Å². The Morgan fingerprint density at radius 1 is 1.00 bits per heavy atom. The highest BCUT2D eigenvalue weighted by Crippen LogP contribution is 1.97. The Hall–Kier alpha value is -2.14. The fourth-order valence-corrected chi connectivity index (χ4v) is 1.25. The second-order valence-corrected chi connectivity index (χ2v) is 3.38. The van der Waals surface area contributed by atoms with Gasteiger partial charge in [-0.25, -0.2) is 9.97 Å². The number of aromatic nitrogens is 2.